The highest BCUT2D eigenvalue weighted by atomic mass is 16.5. The number of carbonyl (C=O) groups is 1. The third kappa shape index (κ3) is 3.70. The number of nitrogens with zero attached hydrogens (tertiary/aromatic N) is 7. The van der Waals surface area contributed by atoms with Crippen LogP contribution in [0.2, 0.25) is 0 Å². The SMILES string of the molecule is CCn1c(-c2cnc(C)nc2)nc2c(-c3ccc4c(c3)[C@@](C)(N3C[C@@H](C)O[C@@H](C)C3)C(=O)N4)ncnc21. The molecule has 6 rings (SSSR count). The van der Waals surface area contributed by atoms with Crippen LogP contribution in [0.15, 0.2) is 36.9 Å². The zero-order valence-corrected chi connectivity index (χ0v) is 21.7. The molecule has 0 aliphatic carbocycles. The molecule has 1 saturated heterocycles. The number of nitrogens with one attached hydrogen (secondary N) is 1. The summed E-state index contributed by atoms with van der Waals surface area (Å²) < 4.78 is 7.99. The monoisotopic (exact) mass is 498 g/mol. The second-order valence-electron chi connectivity index (χ2n) is 10.0. The number of fused-ring (bicyclic) bond motifs is 2. The molecule has 10 nitrogen and oxygen atoms in total. The lowest BCUT2D eigenvalue weighted by atomic mass is 9.88. The van der Waals surface area contributed by atoms with E-state index < -0.39 is 5.54 Å². The number of benzene rings is 1. The average Bonchev–Trinajstić information content (AvgIpc) is 3.38. The fraction of sp³-hybridized carbons (Fsp3) is 0.407. The van der Waals surface area contributed by atoms with Crippen LogP contribution in [0.25, 0.3) is 33.8 Å². The molecule has 0 bridgehead atoms. The summed E-state index contributed by atoms with van der Waals surface area (Å²) in [6, 6.07) is 6.01. The summed E-state index contributed by atoms with van der Waals surface area (Å²) in [5.74, 6) is 1.43. The number of aromatic nitrogens is 6. The number of imidazole rings is 1. The van der Waals surface area contributed by atoms with E-state index in [0.29, 0.717) is 31.0 Å². The number of morpholine rings is 1. The van der Waals surface area contributed by atoms with Crippen LogP contribution in [0.3, 0.4) is 0 Å². The van der Waals surface area contributed by atoms with Crippen molar-refractivity contribution >= 4 is 22.8 Å². The van der Waals surface area contributed by atoms with Gasteiger partial charge in [-0.3, -0.25) is 9.69 Å². The van der Waals surface area contributed by atoms with Crippen LogP contribution >= 0.6 is 0 Å². The van der Waals surface area contributed by atoms with Crippen LogP contribution in [-0.4, -0.2) is 65.6 Å². The summed E-state index contributed by atoms with van der Waals surface area (Å²) in [6.07, 6.45) is 5.23. The fourth-order valence-electron chi connectivity index (χ4n) is 5.60. The molecule has 37 heavy (non-hydrogen) atoms. The molecule has 1 aromatic carbocycles. The van der Waals surface area contributed by atoms with Crippen LogP contribution in [0.4, 0.5) is 5.69 Å². The number of hydrogen-bond donors (Lipinski definition) is 1. The van der Waals surface area contributed by atoms with Crippen molar-refractivity contribution in [1.29, 1.82) is 0 Å². The molecule has 0 unspecified atom stereocenters. The van der Waals surface area contributed by atoms with Crippen LogP contribution in [0.1, 0.15) is 39.1 Å². The summed E-state index contributed by atoms with van der Waals surface area (Å²) in [5.41, 5.74) is 4.83. The predicted molar refractivity (Wildman–Crippen MR) is 140 cm³/mol. The highest BCUT2D eigenvalue weighted by Crippen LogP contribution is 2.43. The molecule has 10 heteroatoms. The summed E-state index contributed by atoms with van der Waals surface area (Å²) in [7, 11) is 0. The van der Waals surface area contributed by atoms with Crippen molar-refractivity contribution in [2.45, 2.75) is 58.9 Å². The van der Waals surface area contributed by atoms with Crippen LogP contribution in [-0.2, 0) is 21.6 Å². The smallest absolute Gasteiger partial charge is 0.249 e. The molecule has 3 atom stereocenters. The van der Waals surface area contributed by atoms with Gasteiger partial charge in [-0.15, -0.1) is 0 Å². The van der Waals surface area contributed by atoms with Gasteiger partial charge in [-0.05, 0) is 46.8 Å². The Kier molecular flexibility index (Phi) is 5.54. The minimum Gasteiger partial charge on any atom is -0.373 e. The molecule has 1 amide bonds. The maximum Gasteiger partial charge on any atom is 0.249 e. The first kappa shape index (κ1) is 23.6. The van der Waals surface area contributed by atoms with E-state index in [1.165, 1.54) is 0 Å². The van der Waals surface area contributed by atoms with E-state index in [0.717, 1.165) is 39.5 Å². The standard InChI is InChI=1S/C27H30N8O2/c1-6-35-24(19-10-28-17(4)29-11-19)33-23-22(30-14-31-25(23)35)18-7-8-21-20(9-18)27(5,26(36)32-21)34-12-15(2)37-16(3)13-34/h7-11,14-16H,6,12-13H2,1-5H3,(H,32,36)/t15-,16+,27-/m1/s1. The Morgan fingerprint density at radius 1 is 1.08 bits per heavy atom. The minimum absolute atomic E-state index is 0.0225. The van der Waals surface area contributed by atoms with Crippen LogP contribution in [0, 0.1) is 6.92 Å². The summed E-state index contributed by atoms with van der Waals surface area (Å²) in [6.45, 7) is 12.1. The largest absolute Gasteiger partial charge is 0.373 e. The Morgan fingerprint density at radius 2 is 1.81 bits per heavy atom. The summed E-state index contributed by atoms with van der Waals surface area (Å²) >= 11 is 0. The van der Waals surface area contributed by atoms with Gasteiger partial charge in [-0.2, -0.15) is 0 Å². The van der Waals surface area contributed by atoms with Crippen molar-refractivity contribution in [3.63, 3.8) is 0 Å². The zero-order valence-electron chi connectivity index (χ0n) is 21.7. The first-order chi connectivity index (χ1) is 17.8. The van der Waals surface area contributed by atoms with Gasteiger partial charge in [0.25, 0.3) is 0 Å². The van der Waals surface area contributed by atoms with Gasteiger partial charge in [0.15, 0.2) is 5.65 Å². The van der Waals surface area contributed by atoms with Gasteiger partial charge in [-0.1, -0.05) is 6.07 Å². The summed E-state index contributed by atoms with van der Waals surface area (Å²) in [4.78, 5) is 38.4. The van der Waals surface area contributed by atoms with Gasteiger partial charge in [-0.25, -0.2) is 24.9 Å². The van der Waals surface area contributed by atoms with Crippen LogP contribution < -0.4 is 5.32 Å². The van der Waals surface area contributed by atoms with Crippen molar-refractivity contribution in [2.75, 3.05) is 18.4 Å². The molecule has 2 aliphatic heterocycles. The lowest BCUT2D eigenvalue weighted by Gasteiger charge is -2.43. The maximum atomic E-state index is 13.3. The van der Waals surface area contributed by atoms with Gasteiger partial charge < -0.3 is 14.6 Å². The number of hydrogen-bond acceptors (Lipinski definition) is 8. The Hall–Kier alpha value is -3.76. The van der Waals surface area contributed by atoms with E-state index in [1.54, 1.807) is 18.7 Å². The lowest BCUT2D eigenvalue weighted by molar-refractivity contribution is -0.138. The highest BCUT2D eigenvalue weighted by Gasteiger charge is 2.49. The second kappa shape index (κ2) is 8.67. The maximum absolute atomic E-state index is 13.3. The topological polar surface area (TPSA) is 111 Å². The first-order valence-corrected chi connectivity index (χ1v) is 12.7. The van der Waals surface area contributed by atoms with E-state index >= 15 is 0 Å². The van der Waals surface area contributed by atoms with E-state index in [4.69, 9.17) is 9.72 Å². The molecule has 5 heterocycles. The van der Waals surface area contributed by atoms with Gasteiger partial charge in [0, 0.05) is 48.8 Å². The van der Waals surface area contributed by atoms with Gasteiger partial charge in [0.2, 0.25) is 5.91 Å². The minimum atomic E-state index is -0.809. The zero-order chi connectivity index (χ0) is 25.9. The van der Waals surface area contributed by atoms with Crippen molar-refractivity contribution in [3.8, 4) is 22.6 Å². The Labute approximate surface area is 215 Å². The molecular weight excluding hydrogens is 468 g/mol. The molecule has 190 valence electrons. The lowest BCUT2D eigenvalue weighted by Crippen LogP contribution is -2.57. The average molecular weight is 499 g/mol. The molecular formula is C27H30N8O2. The summed E-state index contributed by atoms with van der Waals surface area (Å²) in [5, 5.41) is 3.09. The van der Waals surface area contributed by atoms with Crippen LogP contribution in [0.5, 0.6) is 0 Å². The number of anilines is 1. The van der Waals surface area contributed by atoms with Crippen molar-refractivity contribution in [1.82, 2.24) is 34.4 Å². The number of aryl methyl sites for hydroxylation is 2. The third-order valence-corrected chi connectivity index (χ3v) is 7.45. The molecule has 3 aromatic heterocycles. The normalized spacial score (nSPS) is 23.9. The molecule has 0 spiro atoms. The fourth-order valence-corrected chi connectivity index (χ4v) is 5.60. The van der Waals surface area contributed by atoms with Gasteiger partial charge in [0.05, 0.1) is 17.8 Å². The van der Waals surface area contributed by atoms with E-state index in [1.807, 2.05) is 30.5 Å². The number of amides is 1. The molecule has 2 aliphatic rings. The van der Waals surface area contributed by atoms with Gasteiger partial charge >= 0.3 is 0 Å². The van der Waals surface area contributed by atoms with E-state index in [2.05, 4.69) is 57.0 Å². The second-order valence-corrected chi connectivity index (χ2v) is 10.0. The predicted octanol–water partition coefficient (Wildman–Crippen LogP) is 3.56. The molecule has 0 saturated carbocycles. The van der Waals surface area contributed by atoms with E-state index in [9.17, 15) is 4.79 Å². The van der Waals surface area contributed by atoms with E-state index in [-0.39, 0.29) is 18.1 Å². The quantitative estimate of drug-likeness (QED) is 0.455. The van der Waals surface area contributed by atoms with Crippen molar-refractivity contribution < 1.29 is 9.53 Å². The molecule has 1 fully saturated rings. The molecule has 1 N–H and O–H groups in total. The highest BCUT2D eigenvalue weighted by molar-refractivity contribution is 6.06. The Balaban J connectivity index is 1.48. The Bertz CT molecular complexity index is 1510. The third-order valence-electron chi connectivity index (χ3n) is 7.45. The first-order valence-electron chi connectivity index (χ1n) is 12.7. The van der Waals surface area contributed by atoms with Crippen molar-refractivity contribution in [2.24, 2.45) is 0 Å². The molecule has 0 radical (unpaired) electrons. The van der Waals surface area contributed by atoms with Crippen molar-refractivity contribution in [3.05, 3.63) is 48.3 Å². The number of carbonyl (C=O) groups excluding carboxylic acids is 1. The van der Waals surface area contributed by atoms with Gasteiger partial charge in [0.1, 0.15) is 34.7 Å². The number of ether oxygens (including phenoxy) is 1. The Morgan fingerprint density at radius 3 is 2.51 bits per heavy atom. The number of rotatable bonds is 4. The molecule has 4 aromatic rings.